The summed E-state index contributed by atoms with van der Waals surface area (Å²) in [4.78, 5) is 35.2. The zero-order valence-electron chi connectivity index (χ0n) is 17.5. The van der Waals surface area contributed by atoms with Crippen molar-refractivity contribution >= 4 is 40.7 Å². The predicted molar refractivity (Wildman–Crippen MR) is 119 cm³/mol. The highest BCUT2D eigenvalue weighted by Crippen LogP contribution is 2.35. The number of aromatic nitrogens is 1. The Morgan fingerprint density at radius 1 is 1.45 bits per heavy atom. The molecule has 2 aliphatic heterocycles. The first-order valence-corrected chi connectivity index (χ1v) is 11.2. The second kappa shape index (κ2) is 9.96. The molecular formula is C21H20ClFN4O5S. The highest BCUT2D eigenvalue weighted by atomic mass is 35.5. The van der Waals surface area contributed by atoms with Gasteiger partial charge in [0.1, 0.15) is 17.9 Å². The molecule has 0 amide bonds. The molecule has 0 spiro atoms. The molecule has 12 heteroatoms. The number of hydrogen-bond donors (Lipinski definition) is 2. The summed E-state index contributed by atoms with van der Waals surface area (Å²) < 4.78 is 25.2. The van der Waals surface area contributed by atoms with Crippen LogP contribution in [-0.2, 0) is 19.1 Å². The van der Waals surface area contributed by atoms with Gasteiger partial charge in [-0.1, -0.05) is 17.7 Å². The number of thiazole rings is 1. The van der Waals surface area contributed by atoms with Gasteiger partial charge < -0.3 is 19.9 Å². The number of morpholine rings is 1. The van der Waals surface area contributed by atoms with Gasteiger partial charge in [0.05, 0.1) is 25.9 Å². The molecule has 1 aromatic heterocycles. The quantitative estimate of drug-likeness (QED) is 0.588. The van der Waals surface area contributed by atoms with Gasteiger partial charge in [0.15, 0.2) is 10.8 Å². The number of nitrogens with one attached hydrogen (secondary N) is 1. The van der Waals surface area contributed by atoms with Crippen molar-refractivity contribution in [1.82, 2.24) is 15.2 Å². The van der Waals surface area contributed by atoms with Gasteiger partial charge in [0.25, 0.3) is 0 Å². The Labute approximate surface area is 197 Å². The van der Waals surface area contributed by atoms with Crippen LogP contribution < -0.4 is 5.32 Å². The van der Waals surface area contributed by atoms with Crippen molar-refractivity contribution in [2.75, 3.05) is 33.4 Å². The van der Waals surface area contributed by atoms with E-state index < -0.39 is 29.8 Å². The molecule has 1 saturated heterocycles. The number of carboxylic acid groups (broad SMARTS) is 1. The summed E-state index contributed by atoms with van der Waals surface area (Å²) in [6, 6.07) is 2.17. The number of halogens is 2. The summed E-state index contributed by atoms with van der Waals surface area (Å²) in [5, 5.41) is 15.2. The molecule has 2 unspecified atom stereocenters. The Balaban J connectivity index is 1.83. The van der Waals surface area contributed by atoms with Crippen LogP contribution in [0.1, 0.15) is 16.6 Å². The van der Waals surface area contributed by atoms with E-state index in [1.165, 1.54) is 30.6 Å². The van der Waals surface area contributed by atoms with E-state index in [1.54, 1.807) is 16.5 Å². The number of hydrogen-bond acceptors (Lipinski definition) is 9. The topological polar surface area (TPSA) is 113 Å². The van der Waals surface area contributed by atoms with Crippen molar-refractivity contribution in [3.8, 4) is 0 Å². The van der Waals surface area contributed by atoms with Gasteiger partial charge in [0.2, 0.25) is 0 Å². The number of ether oxygens (including phenoxy) is 2. The molecule has 2 aliphatic rings. The third-order valence-electron chi connectivity index (χ3n) is 5.31. The second-order valence-corrected chi connectivity index (χ2v) is 8.62. The smallest absolute Gasteiger partial charge is 0.338 e. The molecule has 0 aliphatic carbocycles. The third kappa shape index (κ3) is 4.91. The second-order valence-electron chi connectivity index (χ2n) is 7.29. The number of aliphatic carboxylic acids is 1. The van der Waals surface area contributed by atoms with Crippen LogP contribution >= 0.6 is 22.9 Å². The van der Waals surface area contributed by atoms with Crippen LogP contribution in [0, 0.1) is 5.82 Å². The fourth-order valence-corrected chi connectivity index (χ4v) is 4.47. The standard InChI is InChI=1S/C21H20ClFN4O5S/c1-31-21(30)16-14(9-27-5-6-32-10-15(27)20(28)29)25-18(19-24-4-7-33-19)26-17(16)12-3-2-11(22)8-13(12)23/h2-4,7-8,15,17H,5-6,9-10H2,1H3,(H,25,26)(H,28,29). The van der Waals surface area contributed by atoms with E-state index in [9.17, 15) is 19.1 Å². The van der Waals surface area contributed by atoms with Gasteiger partial charge in [-0.25, -0.2) is 14.2 Å². The Hall–Kier alpha value is -2.86. The van der Waals surface area contributed by atoms with Gasteiger partial charge in [0, 0.05) is 40.9 Å². The zero-order chi connectivity index (χ0) is 23.5. The number of carboxylic acids is 1. The summed E-state index contributed by atoms with van der Waals surface area (Å²) in [7, 11) is 1.22. The van der Waals surface area contributed by atoms with E-state index >= 15 is 0 Å². The van der Waals surface area contributed by atoms with Crippen LogP contribution in [0.5, 0.6) is 0 Å². The largest absolute Gasteiger partial charge is 0.480 e. The molecule has 3 heterocycles. The Morgan fingerprint density at radius 2 is 2.27 bits per heavy atom. The normalized spacial score (nSPS) is 21.4. The molecule has 2 atom stereocenters. The fraction of sp³-hybridized carbons (Fsp3) is 0.333. The summed E-state index contributed by atoms with van der Waals surface area (Å²) in [5.41, 5.74) is 0.564. The monoisotopic (exact) mass is 494 g/mol. The van der Waals surface area contributed by atoms with E-state index in [-0.39, 0.29) is 29.3 Å². The third-order valence-corrected chi connectivity index (χ3v) is 6.32. The number of carbonyl (C=O) groups excluding carboxylic acids is 1. The Kier molecular flexibility index (Phi) is 7.03. The van der Waals surface area contributed by atoms with Crippen LogP contribution in [0.4, 0.5) is 4.39 Å². The first-order valence-electron chi connectivity index (χ1n) is 9.94. The van der Waals surface area contributed by atoms with E-state index in [1.807, 2.05) is 0 Å². The number of rotatable bonds is 6. The van der Waals surface area contributed by atoms with Crippen molar-refractivity contribution in [3.63, 3.8) is 0 Å². The molecule has 2 aromatic rings. The lowest BCUT2D eigenvalue weighted by Gasteiger charge is -2.35. The number of esters is 1. The lowest BCUT2D eigenvalue weighted by molar-refractivity contribution is -0.149. The van der Waals surface area contributed by atoms with Crippen molar-refractivity contribution in [3.05, 3.63) is 62.5 Å². The van der Waals surface area contributed by atoms with E-state index in [4.69, 9.17) is 21.1 Å². The van der Waals surface area contributed by atoms with Crippen LogP contribution in [-0.4, -0.2) is 72.2 Å². The molecule has 0 bridgehead atoms. The molecule has 0 radical (unpaired) electrons. The Bertz CT molecular complexity index is 1120. The summed E-state index contributed by atoms with van der Waals surface area (Å²) >= 11 is 7.24. The highest BCUT2D eigenvalue weighted by Gasteiger charge is 2.37. The number of aliphatic imine (C=N–C) groups is 1. The number of benzene rings is 1. The summed E-state index contributed by atoms with van der Waals surface area (Å²) in [6.07, 6.45) is 1.60. The molecule has 1 fully saturated rings. The fourth-order valence-electron chi connectivity index (χ4n) is 3.73. The van der Waals surface area contributed by atoms with Crippen LogP contribution in [0.3, 0.4) is 0 Å². The maximum absolute atomic E-state index is 14.9. The lowest BCUT2D eigenvalue weighted by Crippen LogP contribution is -2.52. The first kappa shape index (κ1) is 23.3. The van der Waals surface area contributed by atoms with Crippen molar-refractivity contribution in [2.45, 2.75) is 12.1 Å². The number of carbonyl (C=O) groups is 2. The molecule has 33 heavy (non-hydrogen) atoms. The van der Waals surface area contributed by atoms with Gasteiger partial charge in [-0.2, -0.15) is 0 Å². The van der Waals surface area contributed by atoms with Crippen molar-refractivity contribution in [1.29, 1.82) is 0 Å². The van der Waals surface area contributed by atoms with Crippen LogP contribution in [0.15, 0.2) is 46.0 Å². The zero-order valence-corrected chi connectivity index (χ0v) is 19.0. The molecule has 174 valence electrons. The molecular weight excluding hydrogens is 475 g/mol. The minimum absolute atomic E-state index is 0.0127. The SMILES string of the molecule is COC(=O)C1=C(CN2CCOCC2C(=O)O)NC(c2nccs2)=NC1c1ccc(Cl)cc1F. The molecule has 4 rings (SSSR count). The van der Waals surface area contributed by atoms with Gasteiger partial charge in [-0.15, -0.1) is 11.3 Å². The van der Waals surface area contributed by atoms with Crippen molar-refractivity contribution < 1.29 is 28.6 Å². The van der Waals surface area contributed by atoms with E-state index in [0.717, 1.165) is 6.07 Å². The molecule has 2 N–H and O–H groups in total. The van der Waals surface area contributed by atoms with Crippen LogP contribution in [0.25, 0.3) is 0 Å². The average molecular weight is 495 g/mol. The minimum atomic E-state index is -1.05. The maximum Gasteiger partial charge on any atom is 0.338 e. The van der Waals surface area contributed by atoms with Crippen molar-refractivity contribution in [2.24, 2.45) is 4.99 Å². The number of amidine groups is 1. The van der Waals surface area contributed by atoms with Gasteiger partial charge in [-0.3, -0.25) is 14.7 Å². The maximum atomic E-state index is 14.9. The van der Waals surface area contributed by atoms with Crippen LogP contribution in [0.2, 0.25) is 5.02 Å². The van der Waals surface area contributed by atoms with Gasteiger partial charge >= 0.3 is 11.9 Å². The average Bonchev–Trinajstić information content (AvgIpc) is 3.33. The van der Waals surface area contributed by atoms with E-state index in [2.05, 4.69) is 15.3 Å². The number of nitrogens with zero attached hydrogens (tertiary/aromatic N) is 3. The minimum Gasteiger partial charge on any atom is -0.480 e. The summed E-state index contributed by atoms with van der Waals surface area (Å²) in [6.45, 7) is 0.743. The summed E-state index contributed by atoms with van der Waals surface area (Å²) in [5.74, 6) is -2.04. The lowest BCUT2D eigenvalue weighted by atomic mass is 9.94. The van der Waals surface area contributed by atoms with Gasteiger partial charge in [-0.05, 0) is 12.1 Å². The highest BCUT2D eigenvalue weighted by molar-refractivity contribution is 7.11. The Morgan fingerprint density at radius 3 is 2.94 bits per heavy atom. The molecule has 9 nitrogen and oxygen atoms in total. The van der Waals surface area contributed by atoms with E-state index in [0.29, 0.717) is 29.7 Å². The number of methoxy groups -OCH3 is 1. The first-order chi connectivity index (χ1) is 15.9. The predicted octanol–water partition coefficient (Wildman–Crippen LogP) is 2.24. The molecule has 0 saturated carbocycles. The molecule has 1 aromatic carbocycles.